The van der Waals surface area contributed by atoms with Crippen LogP contribution in [0, 0.1) is 5.92 Å². The molecule has 0 aromatic carbocycles. The van der Waals surface area contributed by atoms with Gasteiger partial charge in [0.1, 0.15) is 6.10 Å². The quantitative estimate of drug-likeness (QED) is 0.278. The van der Waals surface area contributed by atoms with Crippen LogP contribution in [0.15, 0.2) is 0 Å². The first-order valence-corrected chi connectivity index (χ1v) is 6.50. The molecule has 4 unspecified atom stereocenters. The number of carboxylic acids is 1. The largest absolute Gasteiger partial charge is 0.479 e. The number of aliphatic hydroxyl groups excluding tert-OH is 4. The Morgan fingerprint density at radius 1 is 1.33 bits per heavy atom. The number of carbonyl (C=O) groups is 2. The number of aliphatic carboxylic acids is 1. The van der Waals surface area contributed by atoms with Gasteiger partial charge in [-0.1, -0.05) is 0 Å². The molecule has 0 spiro atoms. The van der Waals surface area contributed by atoms with Crippen LogP contribution in [0.25, 0.3) is 0 Å². The number of rotatable bonds is 5. The van der Waals surface area contributed by atoms with Gasteiger partial charge >= 0.3 is 5.97 Å². The summed E-state index contributed by atoms with van der Waals surface area (Å²) in [7, 11) is 0. The summed E-state index contributed by atoms with van der Waals surface area (Å²) in [5, 5.41) is 59.8. The molecule has 0 bridgehead atoms. The van der Waals surface area contributed by atoms with E-state index in [4.69, 9.17) is 10.2 Å². The monoisotopic (exact) mass is 307 g/mol. The van der Waals surface area contributed by atoms with Crippen LogP contribution in [0.1, 0.15) is 19.8 Å². The molecule has 1 aliphatic rings. The Labute approximate surface area is 120 Å². The molecule has 6 atom stereocenters. The summed E-state index contributed by atoms with van der Waals surface area (Å²) in [5.41, 5.74) is -2.28. The molecule has 21 heavy (non-hydrogen) atoms. The Bertz CT molecular complexity index is 403. The van der Waals surface area contributed by atoms with Crippen molar-refractivity contribution in [2.75, 3.05) is 6.61 Å². The Balaban J connectivity index is 3.07. The third kappa shape index (κ3) is 3.89. The smallest absolute Gasteiger partial charge is 0.335 e. The summed E-state index contributed by atoms with van der Waals surface area (Å²) in [6.07, 6.45) is -5.63. The fraction of sp³-hybridized carbons (Fsp3) is 0.833. The fourth-order valence-electron chi connectivity index (χ4n) is 2.70. The highest BCUT2D eigenvalue weighted by Gasteiger charge is 2.52. The summed E-state index contributed by atoms with van der Waals surface area (Å²) in [4.78, 5) is 22.3. The highest BCUT2D eigenvalue weighted by atomic mass is 16.4. The van der Waals surface area contributed by atoms with Gasteiger partial charge in [0.05, 0.1) is 24.9 Å². The molecule has 0 aromatic heterocycles. The third-order valence-electron chi connectivity index (χ3n) is 3.78. The lowest BCUT2D eigenvalue weighted by atomic mass is 9.70. The van der Waals surface area contributed by atoms with Gasteiger partial charge < -0.3 is 36.0 Å². The second kappa shape index (κ2) is 6.67. The summed E-state index contributed by atoms with van der Waals surface area (Å²) < 4.78 is 0. The van der Waals surface area contributed by atoms with Crippen molar-refractivity contribution in [1.29, 1.82) is 0 Å². The number of nitrogens with one attached hydrogen (secondary N) is 1. The van der Waals surface area contributed by atoms with Crippen molar-refractivity contribution in [3.63, 3.8) is 0 Å². The SMILES string of the molecule is CC(=O)NC1C(O)CC(O)(C(=O)O)CC1[C@H](O)[C@H](O)CO. The topological polar surface area (TPSA) is 168 Å². The predicted molar refractivity (Wildman–Crippen MR) is 68.0 cm³/mol. The highest BCUT2D eigenvalue weighted by Crippen LogP contribution is 2.36. The minimum Gasteiger partial charge on any atom is -0.479 e. The van der Waals surface area contributed by atoms with Gasteiger partial charge in [0.25, 0.3) is 0 Å². The predicted octanol–water partition coefficient (Wildman–Crippen LogP) is -3.21. The van der Waals surface area contributed by atoms with E-state index >= 15 is 0 Å². The van der Waals surface area contributed by atoms with Gasteiger partial charge in [-0.15, -0.1) is 0 Å². The van der Waals surface area contributed by atoms with Gasteiger partial charge in [-0.2, -0.15) is 0 Å². The lowest BCUT2D eigenvalue weighted by molar-refractivity contribution is -0.178. The van der Waals surface area contributed by atoms with Crippen LogP contribution in [0.3, 0.4) is 0 Å². The standard InChI is InChI=1S/C12H21NO8/c1-5(15)13-9-6(10(18)8(17)4-14)2-12(21,11(19)20)3-7(9)16/h6-10,14,16-18,21H,2-4H2,1H3,(H,13,15)(H,19,20)/t6?,7?,8-,9?,10+,12?/m1/s1. The number of carboxylic acid groups (broad SMARTS) is 1. The van der Waals surface area contributed by atoms with E-state index in [0.717, 1.165) is 0 Å². The molecule has 1 saturated carbocycles. The summed E-state index contributed by atoms with van der Waals surface area (Å²) in [6.45, 7) is 0.392. The molecule has 7 N–H and O–H groups in total. The van der Waals surface area contributed by atoms with Crippen molar-refractivity contribution in [1.82, 2.24) is 5.32 Å². The van der Waals surface area contributed by atoms with Crippen molar-refractivity contribution in [3.05, 3.63) is 0 Å². The number of hydrogen-bond acceptors (Lipinski definition) is 7. The van der Waals surface area contributed by atoms with Crippen LogP contribution in [-0.2, 0) is 9.59 Å². The molecule has 0 radical (unpaired) electrons. The molecule has 1 aliphatic carbocycles. The zero-order chi connectivity index (χ0) is 16.4. The van der Waals surface area contributed by atoms with Gasteiger partial charge in [-0.05, 0) is 6.42 Å². The second-order valence-corrected chi connectivity index (χ2v) is 5.44. The van der Waals surface area contributed by atoms with E-state index in [0.29, 0.717) is 0 Å². The molecule has 0 aliphatic heterocycles. The summed E-state index contributed by atoms with van der Waals surface area (Å²) >= 11 is 0. The number of aliphatic hydroxyl groups is 5. The molecule has 9 heteroatoms. The third-order valence-corrected chi connectivity index (χ3v) is 3.78. The fourth-order valence-corrected chi connectivity index (χ4v) is 2.70. The Morgan fingerprint density at radius 3 is 2.33 bits per heavy atom. The highest BCUT2D eigenvalue weighted by molar-refractivity contribution is 5.78. The van der Waals surface area contributed by atoms with Crippen LogP contribution in [-0.4, -0.2) is 79.1 Å². The lowest BCUT2D eigenvalue weighted by Gasteiger charge is -2.44. The molecule has 1 rings (SSSR count). The van der Waals surface area contributed by atoms with Gasteiger partial charge in [0.2, 0.25) is 5.91 Å². The van der Waals surface area contributed by atoms with Crippen LogP contribution in [0.2, 0.25) is 0 Å². The summed E-state index contributed by atoms with van der Waals surface area (Å²) in [6, 6.07) is -1.04. The first kappa shape index (κ1) is 17.8. The Hall–Kier alpha value is -1.26. The Morgan fingerprint density at radius 2 is 1.90 bits per heavy atom. The molecular formula is C12H21NO8. The van der Waals surface area contributed by atoms with Crippen LogP contribution in [0.5, 0.6) is 0 Å². The minimum absolute atomic E-state index is 0.484. The lowest BCUT2D eigenvalue weighted by Crippen LogP contribution is -2.62. The van der Waals surface area contributed by atoms with Gasteiger partial charge in [0, 0.05) is 19.3 Å². The first-order chi connectivity index (χ1) is 9.62. The van der Waals surface area contributed by atoms with Gasteiger partial charge in [-0.25, -0.2) is 4.79 Å². The average Bonchev–Trinajstić information content (AvgIpc) is 2.39. The molecular weight excluding hydrogens is 286 g/mol. The number of amides is 1. The maximum atomic E-state index is 11.2. The van der Waals surface area contributed by atoms with Crippen LogP contribution >= 0.6 is 0 Å². The van der Waals surface area contributed by atoms with Crippen LogP contribution < -0.4 is 5.32 Å². The first-order valence-electron chi connectivity index (χ1n) is 6.50. The molecule has 9 nitrogen and oxygen atoms in total. The van der Waals surface area contributed by atoms with Crippen molar-refractivity contribution in [2.24, 2.45) is 5.92 Å². The number of hydrogen-bond donors (Lipinski definition) is 7. The molecule has 1 fully saturated rings. The number of carbonyl (C=O) groups excluding carboxylic acids is 1. The molecule has 1 amide bonds. The zero-order valence-electron chi connectivity index (χ0n) is 11.5. The van der Waals surface area contributed by atoms with E-state index in [1.54, 1.807) is 0 Å². The van der Waals surface area contributed by atoms with Crippen molar-refractivity contribution in [3.8, 4) is 0 Å². The van der Waals surface area contributed by atoms with E-state index in [1.807, 2.05) is 0 Å². The van der Waals surface area contributed by atoms with E-state index in [1.165, 1.54) is 6.92 Å². The normalized spacial score (nSPS) is 35.8. The van der Waals surface area contributed by atoms with Crippen molar-refractivity contribution < 1.29 is 40.2 Å². The van der Waals surface area contributed by atoms with Gasteiger partial charge in [-0.3, -0.25) is 4.79 Å². The summed E-state index contributed by atoms with van der Waals surface area (Å²) in [5.74, 6) is -3.23. The molecule has 122 valence electrons. The minimum atomic E-state index is -2.28. The zero-order valence-corrected chi connectivity index (χ0v) is 11.5. The molecule has 0 aromatic rings. The average molecular weight is 307 g/mol. The van der Waals surface area contributed by atoms with E-state index < -0.39 is 67.2 Å². The van der Waals surface area contributed by atoms with Crippen LogP contribution in [0.4, 0.5) is 0 Å². The maximum absolute atomic E-state index is 11.2. The maximum Gasteiger partial charge on any atom is 0.335 e. The van der Waals surface area contributed by atoms with Crippen molar-refractivity contribution >= 4 is 11.9 Å². The van der Waals surface area contributed by atoms with E-state index in [9.17, 15) is 30.0 Å². The van der Waals surface area contributed by atoms with E-state index in [-0.39, 0.29) is 0 Å². The second-order valence-electron chi connectivity index (χ2n) is 5.44. The molecule has 0 heterocycles. The van der Waals surface area contributed by atoms with Gasteiger partial charge in [0.15, 0.2) is 5.60 Å². The molecule has 0 saturated heterocycles. The van der Waals surface area contributed by atoms with Crippen molar-refractivity contribution in [2.45, 2.75) is 49.7 Å². The van der Waals surface area contributed by atoms with E-state index in [2.05, 4.69) is 5.32 Å². The Kier molecular flexibility index (Phi) is 5.65.